The molecule has 2 heterocycles. The summed E-state index contributed by atoms with van der Waals surface area (Å²) < 4.78 is 53.6. The van der Waals surface area contributed by atoms with Crippen LogP contribution in [0.3, 0.4) is 0 Å². The van der Waals surface area contributed by atoms with Crippen LogP contribution in [0.4, 0.5) is 14.5 Å². The van der Waals surface area contributed by atoms with Gasteiger partial charge in [-0.2, -0.15) is 4.31 Å². The molecule has 0 aliphatic carbocycles. The van der Waals surface area contributed by atoms with Gasteiger partial charge in [-0.25, -0.2) is 22.2 Å². The minimum Gasteiger partial charge on any atom is -0.369 e. The third kappa shape index (κ3) is 3.78. The van der Waals surface area contributed by atoms with E-state index in [1.54, 1.807) is 24.3 Å². The van der Waals surface area contributed by atoms with Crippen LogP contribution in [-0.2, 0) is 10.0 Å². The van der Waals surface area contributed by atoms with E-state index in [2.05, 4.69) is 4.98 Å². The molecule has 1 aliphatic heterocycles. The molecule has 1 saturated heterocycles. The number of anilines is 1. The summed E-state index contributed by atoms with van der Waals surface area (Å²) in [6.45, 7) is 1.72. The number of sulfonamides is 1. The number of hydrogen-bond donors (Lipinski definition) is 0. The van der Waals surface area contributed by atoms with Crippen LogP contribution in [0, 0.1) is 11.6 Å². The predicted octanol–water partition coefficient (Wildman–Crippen LogP) is 3.60. The highest BCUT2D eigenvalue weighted by Crippen LogP contribution is 2.30. The van der Waals surface area contributed by atoms with E-state index in [0.29, 0.717) is 36.8 Å². The fraction of sp³-hybridized carbons (Fsp3) is 0.211. The largest absolute Gasteiger partial charge is 0.369 e. The summed E-state index contributed by atoms with van der Waals surface area (Å²) in [6, 6.07) is 12.0. The van der Waals surface area contributed by atoms with Crippen molar-refractivity contribution in [2.75, 3.05) is 31.1 Å². The van der Waals surface area contributed by atoms with Crippen LogP contribution in [0.1, 0.15) is 0 Å². The van der Waals surface area contributed by atoms with Crippen molar-refractivity contribution in [3.8, 4) is 10.6 Å². The number of aromatic nitrogens is 1. The normalized spacial score (nSPS) is 15.7. The first-order valence-electron chi connectivity index (χ1n) is 8.66. The third-order valence-corrected chi connectivity index (χ3v) is 7.98. The molecule has 0 atom stereocenters. The number of benzene rings is 2. The lowest BCUT2D eigenvalue weighted by atomic mass is 10.2. The van der Waals surface area contributed by atoms with Gasteiger partial charge in [-0.05, 0) is 48.5 Å². The maximum absolute atomic E-state index is 13.1. The molecule has 0 radical (unpaired) electrons. The number of hydrogen-bond acceptors (Lipinski definition) is 5. The van der Waals surface area contributed by atoms with Crippen LogP contribution in [0.2, 0.25) is 0 Å². The third-order valence-electron chi connectivity index (χ3n) is 4.60. The Labute approximate surface area is 165 Å². The maximum atomic E-state index is 13.1. The van der Waals surface area contributed by atoms with Gasteiger partial charge in [0.25, 0.3) is 10.0 Å². The predicted molar refractivity (Wildman–Crippen MR) is 105 cm³/mol. The summed E-state index contributed by atoms with van der Waals surface area (Å²) in [5.74, 6) is -0.653. The lowest BCUT2D eigenvalue weighted by Crippen LogP contribution is -2.48. The van der Waals surface area contributed by atoms with E-state index in [1.165, 1.54) is 34.8 Å². The van der Waals surface area contributed by atoms with Gasteiger partial charge >= 0.3 is 0 Å². The Morgan fingerprint density at radius 1 is 0.857 bits per heavy atom. The molecule has 0 saturated carbocycles. The van der Waals surface area contributed by atoms with Crippen molar-refractivity contribution >= 4 is 27.0 Å². The molecule has 5 nitrogen and oxygen atoms in total. The Kier molecular flexibility index (Phi) is 5.13. The molecule has 2 aromatic carbocycles. The summed E-state index contributed by atoms with van der Waals surface area (Å²) in [6.07, 6.45) is 1.35. The zero-order valence-corrected chi connectivity index (χ0v) is 16.4. The summed E-state index contributed by atoms with van der Waals surface area (Å²) in [5.41, 5.74) is 1.55. The van der Waals surface area contributed by atoms with E-state index in [0.717, 1.165) is 17.0 Å². The average Bonchev–Trinajstić information content (AvgIpc) is 3.20. The van der Waals surface area contributed by atoms with E-state index in [9.17, 15) is 17.2 Å². The lowest BCUT2D eigenvalue weighted by Gasteiger charge is -2.35. The summed E-state index contributed by atoms with van der Waals surface area (Å²) in [4.78, 5) is 6.22. The molecular formula is C19H17F2N3O2S2. The lowest BCUT2D eigenvalue weighted by molar-refractivity contribution is 0.386. The molecule has 0 bridgehead atoms. The first kappa shape index (κ1) is 19.0. The zero-order chi connectivity index (χ0) is 19.7. The van der Waals surface area contributed by atoms with Gasteiger partial charge in [0.05, 0.1) is 6.20 Å². The number of rotatable bonds is 4. The fourth-order valence-electron chi connectivity index (χ4n) is 3.07. The van der Waals surface area contributed by atoms with Gasteiger partial charge in [-0.3, -0.25) is 0 Å². The van der Waals surface area contributed by atoms with Gasteiger partial charge < -0.3 is 4.90 Å². The van der Waals surface area contributed by atoms with Crippen LogP contribution in [0.15, 0.2) is 58.9 Å². The average molecular weight is 421 g/mol. The monoisotopic (exact) mass is 421 g/mol. The minimum absolute atomic E-state index is 0.169. The molecular weight excluding hydrogens is 404 g/mol. The molecule has 9 heteroatoms. The van der Waals surface area contributed by atoms with Crippen molar-refractivity contribution in [2.45, 2.75) is 4.21 Å². The molecule has 1 fully saturated rings. The summed E-state index contributed by atoms with van der Waals surface area (Å²) >= 11 is 1.07. The zero-order valence-electron chi connectivity index (χ0n) is 14.8. The molecule has 28 heavy (non-hydrogen) atoms. The second-order valence-corrected chi connectivity index (χ2v) is 9.55. The maximum Gasteiger partial charge on any atom is 0.254 e. The highest BCUT2D eigenvalue weighted by atomic mass is 32.2. The van der Waals surface area contributed by atoms with Gasteiger partial charge in [0.15, 0.2) is 4.21 Å². The Bertz CT molecular complexity index is 1060. The van der Waals surface area contributed by atoms with Crippen LogP contribution >= 0.6 is 11.3 Å². The first-order valence-corrected chi connectivity index (χ1v) is 10.9. The Morgan fingerprint density at radius 3 is 2.04 bits per heavy atom. The van der Waals surface area contributed by atoms with Gasteiger partial charge in [0.2, 0.25) is 0 Å². The quantitative estimate of drug-likeness (QED) is 0.646. The summed E-state index contributed by atoms with van der Waals surface area (Å²) in [7, 11) is -3.64. The molecule has 146 valence electrons. The van der Waals surface area contributed by atoms with Crippen molar-refractivity contribution in [2.24, 2.45) is 0 Å². The smallest absolute Gasteiger partial charge is 0.254 e. The van der Waals surface area contributed by atoms with Crippen molar-refractivity contribution in [1.82, 2.24) is 9.29 Å². The number of thiazole rings is 1. The molecule has 1 aromatic heterocycles. The summed E-state index contributed by atoms with van der Waals surface area (Å²) in [5, 5.41) is 0.531. The van der Waals surface area contributed by atoms with Crippen molar-refractivity contribution in [3.63, 3.8) is 0 Å². The molecule has 4 rings (SSSR count). The van der Waals surface area contributed by atoms with Crippen molar-refractivity contribution < 1.29 is 17.2 Å². The van der Waals surface area contributed by atoms with Crippen molar-refractivity contribution in [1.29, 1.82) is 0 Å². The Hall–Kier alpha value is -2.36. The number of nitrogens with zero attached hydrogens (tertiary/aromatic N) is 3. The van der Waals surface area contributed by atoms with Crippen LogP contribution in [0.5, 0.6) is 0 Å². The van der Waals surface area contributed by atoms with E-state index in [-0.39, 0.29) is 15.8 Å². The van der Waals surface area contributed by atoms with Crippen LogP contribution < -0.4 is 4.90 Å². The standard InChI is InChI=1S/C19H17F2N3O2S2/c20-15-3-1-14(2-4-15)19-22-13-18(27-19)28(25,26)24-11-9-23(10-12-24)17-7-5-16(21)6-8-17/h1-8,13H,9-12H2. The molecule has 3 aromatic rings. The Balaban J connectivity index is 1.47. The van der Waals surface area contributed by atoms with E-state index < -0.39 is 10.0 Å². The van der Waals surface area contributed by atoms with E-state index in [1.807, 2.05) is 4.90 Å². The first-order chi connectivity index (χ1) is 13.4. The van der Waals surface area contributed by atoms with Crippen LogP contribution in [-0.4, -0.2) is 43.9 Å². The Morgan fingerprint density at radius 2 is 1.43 bits per heavy atom. The molecule has 0 unspecified atom stereocenters. The molecule has 1 aliphatic rings. The molecule has 0 spiro atoms. The molecule has 0 N–H and O–H groups in total. The second kappa shape index (κ2) is 7.57. The fourth-order valence-corrected chi connectivity index (χ4v) is 5.78. The minimum atomic E-state index is -3.64. The van der Waals surface area contributed by atoms with Crippen LogP contribution in [0.25, 0.3) is 10.6 Å². The highest BCUT2D eigenvalue weighted by molar-refractivity contribution is 7.91. The van der Waals surface area contributed by atoms with Gasteiger partial charge in [-0.1, -0.05) is 0 Å². The van der Waals surface area contributed by atoms with E-state index in [4.69, 9.17) is 0 Å². The van der Waals surface area contributed by atoms with Gasteiger partial charge in [-0.15, -0.1) is 11.3 Å². The van der Waals surface area contributed by atoms with Gasteiger partial charge in [0.1, 0.15) is 16.6 Å². The van der Waals surface area contributed by atoms with Crippen molar-refractivity contribution in [3.05, 3.63) is 66.4 Å². The molecule has 0 amide bonds. The van der Waals surface area contributed by atoms with E-state index >= 15 is 0 Å². The topological polar surface area (TPSA) is 53.5 Å². The highest BCUT2D eigenvalue weighted by Gasteiger charge is 2.30. The SMILES string of the molecule is O=S(=O)(c1cnc(-c2ccc(F)cc2)s1)N1CCN(c2ccc(F)cc2)CC1. The second-order valence-electron chi connectivity index (χ2n) is 6.36. The van der Waals surface area contributed by atoms with Gasteiger partial charge in [0, 0.05) is 37.4 Å². The number of piperazine rings is 1. The number of halogens is 2.